The molecule has 0 bridgehead atoms. The van der Waals surface area contributed by atoms with Gasteiger partial charge in [0.2, 0.25) is 11.8 Å². The number of aromatic nitrogens is 1. The molecule has 1 aliphatic rings. The average Bonchev–Trinajstić information content (AvgIpc) is 2.69. The summed E-state index contributed by atoms with van der Waals surface area (Å²) in [7, 11) is 0. The number of hydrogen-bond donors (Lipinski definition) is 1. The summed E-state index contributed by atoms with van der Waals surface area (Å²) >= 11 is 0. The summed E-state index contributed by atoms with van der Waals surface area (Å²) in [5, 5.41) is 2.86. The maximum absolute atomic E-state index is 12.6. The molecule has 1 heterocycles. The number of alkyl halides is 6. The highest BCUT2D eigenvalue weighted by molar-refractivity contribution is 5.78. The van der Waals surface area contributed by atoms with Gasteiger partial charge in [0.25, 0.3) is 0 Å². The molecule has 31 heavy (non-hydrogen) atoms. The van der Waals surface area contributed by atoms with E-state index in [1.165, 1.54) is 18.2 Å². The van der Waals surface area contributed by atoms with Gasteiger partial charge in [0.05, 0.1) is 17.5 Å². The van der Waals surface area contributed by atoms with E-state index >= 15 is 0 Å². The zero-order chi connectivity index (χ0) is 22.6. The van der Waals surface area contributed by atoms with Crippen LogP contribution in [0, 0.1) is 0 Å². The van der Waals surface area contributed by atoms with Crippen molar-refractivity contribution in [2.24, 2.45) is 0 Å². The quantitative estimate of drug-likeness (QED) is 0.645. The Balaban J connectivity index is 1.43. The highest BCUT2D eigenvalue weighted by atomic mass is 19.4. The van der Waals surface area contributed by atoms with Crippen molar-refractivity contribution >= 4 is 5.91 Å². The van der Waals surface area contributed by atoms with Crippen LogP contribution in [0.1, 0.15) is 42.4 Å². The van der Waals surface area contributed by atoms with Gasteiger partial charge >= 0.3 is 12.4 Å². The molecule has 1 amide bonds. The van der Waals surface area contributed by atoms with Gasteiger partial charge in [0, 0.05) is 18.3 Å². The van der Waals surface area contributed by atoms with Gasteiger partial charge in [-0.05, 0) is 49.4 Å². The lowest BCUT2D eigenvalue weighted by Gasteiger charge is -2.29. The van der Waals surface area contributed by atoms with Gasteiger partial charge in [-0.1, -0.05) is 12.1 Å². The fourth-order valence-electron chi connectivity index (χ4n) is 3.39. The van der Waals surface area contributed by atoms with E-state index in [2.05, 4.69) is 10.3 Å². The second-order valence-corrected chi connectivity index (χ2v) is 7.41. The summed E-state index contributed by atoms with van der Waals surface area (Å²) in [5.74, 6) is -0.170. The Morgan fingerprint density at radius 2 is 1.48 bits per heavy atom. The zero-order valence-electron chi connectivity index (χ0n) is 16.3. The molecule has 2 aromatic rings. The van der Waals surface area contributed by atoms with Crippen molar-refractivity contribution in [1.29, 1.82) is 0 Å². The van der Waals surface area contributed by atoms with Crippen LogP contribution in [0.5, 0.6) is 5.88 Å². The molecule has 0 radical (unpaired) electrons. The lowest BCUT2D eigenvalue weighted by molar-refractivity contribution is -0.138. The van der Waals surface area contributed by atoms with Gasteiger partial charge < -0.3 is 10.1 Å². The first kappa shape index (κ1) is 22.9. The average molecular weight is 446 g/mol. The Labute approximate surface area is 174 Å². The molecule has 10 heteroatoms. The maximum Gasteiger partial charge on any atom is 0.417 e. The second-order valence-electron chi connectivity index (χ2n) is 7.41. The van der Waals surface area contributed by atoms with Crippen molar-refractivity contribution in [1.82, 2.24) is 10.3 Å². The Bertz CT molecular complexity index is 871. The van der Waals surface area contributed by atoms with Crippen LogP contribution in [0.15, 0.2) is 42.6 Å². The molecule has 1 aromatic heterocycles. The van der Waals surface area contributed by atoms with E-state index in [-0.39, 0.29) is 30.4 Å². The van der Waals surface area contributed by atoms with Crippen molar-refractivity contribution in [2.75, 3.05) is 0 Å². The number of halogens is 6. The zero-order valence-corrected chi connectivity index (χ0v) is 16.3. The van der Waals surface area contributed by atoms with E-state index in [1.807, 2.05) is 0 Å². The van der Waals surface area contributed by atoms with Crippen LogP contribution in [0.4, 0.5) is 26.3 Å². The molecule has 0 aliphatic heterocycles. The van der Waals surface area contributed by atoms with Crippen LogP contribution in [-0.2, 0) is 23.6 Å². The fourth-order valence-corrected chi connectivity index (χ4v) is 3.39. The monoisotopic (exact) mass is 446 g/mol. The van der Waals surface area contributed by atoms with E-state index in [1.54, 1.807) is 0 Å². The van der Waals surface area contributed by atoms with Gasteiger partial charge in [-0.15, -0.1) is 0 Å². The molecular formula is C21H20F6N2O2. The predicted octanol–water partition coefficient (Wildman–Crippen LogP) is 5.17. The molecule has 0 atom stereocenters. The largest absolute Gasteiger partial charge is 0.474 e. The maximum atomic E-state index is 12.6. The van der Waals surface area contributed by atoms with E-state index in [0.717, 1.165) is 24.4 Å². The molecule has 4 nitrogen and oxygen atoms in total. The molecule has 1 fully saturated rings. The Kier molecular flexibility index (Phi) is 6.76. The highest BCUT2D eigenvalue weighted by Gasteiger charge is 2.31. The summed E-state index contributed by atoms with van der Waals surface area (Å²) in [6, 6.07) is 6.45. The Morgan fingerprint density at radius 3 is 2.00 bits per heavy atom. The molecule has 0 unspecified atom stereocenters. The number of nitrogens with one attached hydrogen (secondary N) is 1. The van der Waals surface area contributed by atoms with Crippen LogP contribution in [-0.4, -0.2) is 23.0 Å². The van der Waals surface area contributed by atoms with Gasteiger partial charge in [-0.3, -0.25) is 4.79 Å². The summed E-state index contributed by atoms with van der Waals surface area (Å²) in [6.45, 7) is 0. The molecule has 3 rings (SSSR count). The number of nitrogens with zero attached hydrogens (tertiary/aromatic N) is 1. The van der Waals surface area contributed by atoms with Crippen LogP contribution in [0.3, 0.4) is 0 Å². The van der Waals surface area contributed by atoms with Crippen LogP contribution in [0.25, 0.3) is 0 Å². The third-order valence-electron chi connectivity index (χ3n) is 5.04. The lowest BCUT2D eigenvalue weighted by Crippen LogP contribution is -2.40. The number of benzene rings is 1. The number of pyridine rings is 1. The van der Waals surface area contributed by atoms with Crippen molar-refractivity contribution in [3.05, 3.63) is 59.3 Å². The first-order valence-corrected chi connectivity index (χ1v) is 9.66. The molecule has 1 aliphatic carbocycles. The third kappa shape index (κ3) is 6.60. The highest BCUT2D eigenvalue weighted by Crippen LogP contribution is 2.31. The third-order valence-corrected chi connectivity index (χ3v) is 5.04. The molecule has 1 saturated carbocycles. The SMILES string of the molecule is O=C(Cc1ccc(C(F)(F)F)cc1)NC1CCC(Oc2ccc(C(F)(F)F)cn2)CC1. The van der Waals surface area contributed by atoms with Crippen molar-refractivity contribution in [3.8, 4) is 5.88 Å². The van der Waals surface area contributed by atoms with Gasteiger partial charge in [0.1, 0.15) is 6.10 Å². The number of carbonyl (C=O) groups excluding carboxylic acids is 1. The molecule has 0 spiro atoms. The number of hydrogen-bond acceptors (Lipinski definition) is 3. The number of amides is 1. The van der Waals surface area contributed by atoms with E-state index < -0.39 is 23.5 Å². The molecule has 1 N–H and O–H groups in total. The summed E-state index contributed by atoms with van der Waals surface area (Å²) in [4.78, 5) is 15.9. The summed E-state index contributed by atoms with van der Waals surface area (Å²) < 4.78 is 81.1. The number of rotatable bonds is 5. The smallest absolute Gasteiger partial charge is 0.417 e. The molecule has 168 valence electrons. The van der Waals surface area contributed by atoms with Crippen LogP contribution >= 0.6 is 0 Å². The van der Waals surface area contributed by atoms with Gasteiger partial charge in [-0.2, -0.15) is 26.3 Å². The normalized spacial score (nSPS) is 19.7. The van der Waals surface area contributed by atoms with Gasteiger partial charge in [-0.25, -0.2) is 4.98 Å². The summed E-state index contributed by atoms with van der Waals surface area (Å²) in [5.41, 5.74) is -1.13. The number of ether oxygens (including phenoxy) is 1. The number of carbonyl (C=O) groups is 1. The van der Waals surface area contributed by atoms with Gasteiger partial charge in [0.15, 0.2) is 0 Å². The lowest BCUT2D eigenvalue weighted by atomic mass is 9.92. The Hall–Kier alpha value is -2.78. The van der Waals surface area contributed by atoms with Crippen molar-refractivity contribution in [3.63, 3.8) is 0 Å². The first-order valence-electron chi connectivity index (χ1n) is 9.66. The predicted molar refractivity (Wildman–Crippen MR) is 99.2 cm³/mol. The van der Waals surface area contributed by atoms with E-state index in [9.17, 15) is 31.1 Å². The van der Waals surface area contributed by atoms with Crippen molar-refractivity contribution in [2.45, 2.75) is 56.6 Å². The van der Waals surface area contributed by atoms with Crippen LogP contribution < -0.4 is 10.1 Å². The minimum Gasteiger partial charge on any atom is -0.474 e. The van der Waals surface area contributed by atoms with E-state index in [0.29, 0.717) is 31.2 Å². The standard InChI is InChI=1S/C21H20F6N2O2/c22-20(23,24)14-3-1-13(2-4-14)11-18(30)29-16-6-8-17(9-7-16)31-19-10-5-15(12-28-19)21(25,26)27/h1-5,10,12,16-17H,6-9,11H2,(H,29,30). The first-order chi connectivity index (χ1) is 14.5. The Morgan fingerprint density at radius 1 is 0.903 bits per heavy atom. The molecule has 1 aromatic carbocycles. The topological polar surface area (TPSA) is 51.2 Å². The van der Waals surface area contributed by atoms with Crippen LogP contribution in [0.2, 0.25) is 0 Å². The van der Waals surface area contributed by atoms with E-state index in [4.69, 9.17) is 4.74 Å². The van der Waals surface area contributed by atoms with Crippen molar-refractivity contribution < 1.29 is 35.9 Å². The minimum absolute atomic E-state index is 0.0238. The molecule has 0 saturated heterocycles. The summed E-state index contributed by atoms with van der Waals surface area (Å²) in [6.07, 6.45) is -5.98. The fraction of sp³-hybridized carbons (Fsp3) is 0.429. The molecular weight excluding hydrogens is 426 g/mol. The second kappa shape index (κ2) is 9.15. The minimum atomic E-state index is -4.46.